The fourth-order valence-corrected chi connectivity index (χ4v) is 6.80. The van der Waals surface area contributed by atoms with Crippen LogP contribution < -0.4 is 0 Å². The molecule has 2 saturated heterocycles. The molecule has 2 saturated carbocycles. The molecule has 2 aliphatic carbocycles. The Labute approximate surface area is 186 Å². The normalized spacial score (nSPS) is 41.8. The minimum absolute atomic E-state index is 0.0346. The van der Waals surface area contributed by atoms with Crippen molar-refractivity contribution in [3.05, 3.63) is 0 Å². The molecule has 176 valence electrons. The van der Waals surface area contributed by atoms with Crippen LogP contribution in [0.4, 0.5) is 4.39 Å². The fourth-order valence-electron chi connectivity index (χ4n) is 6.80. The van der Waals surface area contributed by atoms with Crippen molar-refractivity contribution in [2.24, 2.45) is 17.8 Å². The number of halogens is 1. The predicted molar refractivity (Wildman–Crippen MR) is 117 cm³/mol. The van der Waals surface area contributed by atoms with Crippen LogP contribution in [-0.4, -0.2) is 90.7 Å². The molecule has 2 heterocycles. The van der Waals surface area contributed by atoms with E-state index < -0.39 is 12.1 Å². The number of fused-ring (bicyclic) bond motifs is 1. The number of amides is 2. The Morgan fingerprint density at radius 3 is 2.29 bits per heavy atom. The van der Waals surface area contributed by atoms with Gasteiger partial charge < -0.3 is 19.4 Å². The summed E-state index contributed by atoms with van der Waals surface area (Å²) in [6, 6.07) is 0.472. The lowest BCUT2D eigenvalue weighted by molar-refractivity contribution is -0.154. The summed E-state index contributed by atoms with van der Waals surface area (Å²) in [6.07, 6.45) is 4.70. The van der Waals surface area contributed by atoms with Gasteiger partial charge in [0.15, 0.2) is 0 Å². The zero-order chi connectivity index (χ0) is 22.3. The third-order valence-corrected chi connectivity index (χ3v) is 8.58. The number of piperazine rings is 1. The monoisotopic (exact) mass is 437 g/mol. The molecule has 8 atom stereocenters. The van der Waals surface area contributed by atoms with Crippen LogP contribution in [0.15, 0.2) is 0 Å². The maximum absolute atomic E-state index is 14.7. The van der Waals surface area contributed by atoms with Gasteiger partial charge in [0.25, 0.3) is 0 Å². The highest BCUT2D eigenvalue weighted by atomic mass is 19.1. The van der Waals surface area contributed by atoms with Crippen molar-refractivity contribution in [3.8, 4) is 0 Å². The van der Waals surface area contributed by atoms with E-state index in [1.807, 2.05) is 23.6 Å². The van der Waals surface area contributed by atoms with E-state index in [4.69, 9.17) is 4.74 Å². The number of carbonyl (C=O) groups is 2. The van der Waals surface area contributed by atoms with E-state index in [1.165, 1.54) is 6.42 Å². The molecule has 0 aromatic rings. The van der Waals surface area contributed by atoms with Crippen LogP contribution in [0.5, 0.6) is 0 Å². The molecule has 2 aliphatic heterocycles. The largest absolute Gasteiger partial charge is 0.381 e. The standard InChI is InChI=1S/C24H40FN3O3/c1-15-13-27(24(30)20-8-7-19(31-4)12-21(20)25)14-16(2)28(15)23(29)18-6-5-17-9-10-26(3)22(17)11-18/h15-22H,5-14H2,1-4H3/t15-,16-,17?,18?,19?,20?,21?,22?/m1/s1. The van der Waals surface area contributed by atoms with Crippen LogP contribution in [0.1, 0.15) is 58.8 Å². The van der Waals surface area contributed by atoms with Crippen LogP contribution in [0, 0.1) is 17.8 Å². The summed E-state index contributed by atoms with van der Waals surface area (Å²) in [5.41, 5.74) is 0. The van der Waals surface area contributed by atoms with E-state index in [2.05, 4.69) is 11.9 Å². The first kappa shape index (κ1) is 23.0. The van der Waals surface area contributed by atoms with E-state index in [0.29, 0.717) is 32.0 Å². The smallest absolute Gasteiger partial charge is 0.228 e. The summed E-state index contributed by atoms with van der Waals surface area (Å²) in [7, 11) is 3.79. The van der Waals surface area contributed by atoms with E-state index in [-0.39, 0.29) is 35.9 Å². The van der Waals surface area contributed by atoms with E-state index in [9.17, 15) is 14.0 Å². The van der Waals surface area contributed by atoms with Gasteiger partial charge in [0, 0.05) is 50.7 Å². The molecular weight excluding hydrogens is 397 g/mol. The molecule has 0 bridgehead atoms. The van der Waals surface area contributed by atoms with Crippen molar-refractivity contribution in [3.63, 3.8) is 0 Å². The molecule has 6 nitrogen and oxygen atoms in total. The minimum Gasteiger partial charge on any atom is -0.381 e. The second-order valence-electron chi connectivity index (χ2n) is 10.6. The van der Waals surface area contributed by atoms with Crippen LogP contribution >= 0.6 is 0 Å². The number of nitrogens with zero attached hydrogens (tertiary/aromatic N) is 3. The molecule has 6 unspecified atom stereocenters. The van der Waals surface area contributed by atoms with Crippen molar-refractivity contribution in [1.82, 2.24) is 14.7 Å². The van der Waals surface area contributed by atoms with Crippen LogP contribution in [-0.2, 0) is 14.3 Å². The molecular formula is C24H40FN3O3. The first-order valence-corrected chi connectivity index (χ1v) is 12.3. The summed E-state index contributed by atoms with van der Waals surface area (Å²) < 4.78 is 20.0. The average Bonchev–Trinajstić information content (AvgIpc) is 3.12. The highest BCUT2D eigenvalue weighted by Crippen LogP contribution is 2.39. The van der Waals surface area contributed by atoms with Gasteiger partial charge in [0.1, 0.15) is 6.17 Å². The molecule has 7 heteroatoms. The molecule has 0 aromatic heterocycles. The van der Waals surface area contributed by atoms with Gasteiger partial charge in [0.05, 0.1) is 12.0 Å². The number of likely N-dealkylation sites (tertiary alicyclic amines) is 1. The highest BCUT2D eigenvalue weighted by Gasteiger charge is 2.45. The number of ether oxygens (including phenoxy) is 1. The van der Waals surface area contributed by atoms with Crippen molar-refractivity contribution in [1.29, 1.82) is 0 Å². The Hall–Kier alpha value is -1.21. The van der Waals surface area contributed by atoms with Gasteiger partial charge in [-0.3, -0.25) is 9.59 Å². The van der Waals surface area contributed by atoms with Crippen molar-refractivity contribution in [2.75, 3.05) is 33.8 Å². The van der Waals surface area contributed by atoms with Crippen molar-refractivity contribution >= 4 is 11.8 Å². The quantitative estimate of drug-likeness (QED) is 0.681. The van der Waals surface area contributed by atoms with Crippen molar-refractivity contribution < 1.29 is 18.7 Å². The summed E-state index contributed by atoms with van der Waals surface area (Å²) >= 11 is 0. The summed E-state index contributed by atoms with van der Waals surface area (Å²) in [6.45, 7) is 6.23. The Morgan fingerprint density at radius 1 is 0.935 bits per heavy atom. The second kappa shape index (κ2) is 9.34. The van der Waals surface area contributed by atoms with Gasteiger partial charge in [0.2, 0.25) is 11.8 Å². The number of carbonyl (C=O) groups excluding carboxylic acids is 2. The summed E-state index contributed by atoms with van der Waals surface area (Å²) in [5, 5.41) is 0. The zero-order valence-corrected chi connectivity index (χ0v) is 19.6. The number of hydrogen-bond acceptors (Lipinski definition) is 4. The van der Waals surface area contributed by atoms with Crippen molar-refractivity contribution in [2.45, 2.75) is 89.2 Å². The third kappa shape index (κ3) is 4.50. The van der Waals surface area contributed by atoms with Gasteiger partial charge in [-0.25, -0.2) is 4.39 Å². The third-order valence-electron chi connectivity index (χ3n) is 8.58. The molecule has 4 aliphatic rings. The van der Waals surface area contributed by atoms with Crippen LogP contribution in [0.2, 0.25) is 0 Å². The highest BCUT2D eigenvalue weighted by molar-refractivity contribution is 5.82. The first-order chi connectivity index (χ1) is 14.8. The molecule has 4 fully saturated rings. The predicted octanol–water partition coefficient (Wildman–Crippen LogP) is 2.71. The number of alkyl halides is 1. The molecule has 2 amide bonds. The number of rotatable bonds is 3. The van der Waals surface area contributed by atoms with Gasteiger partial charge in [-0.15, -0.1) is 0 Å². The minimum atomic E-state index is -1.14. The molecule has 31 heavy (non-hydrogen) atoms. The van der Waals surface area contributed by atoms with E-state index in [0.717, 1.165) is 38.1 Å². The summed E-state index contributed by atoms with van der Waals surface area (Å²) in [4.78, 5) is 32.9. The molecule has 0 radical (unpaired) electrons. The van der Waals surface area contributed by atoms with Crippen LogP contribution in [0.25, 0.3) is 0 Å². The topological polar surface area (TPSA) is 53.1 Å². The summed E-state index contributed by atoms with van der Waals surface area (Å²) in [5.74, 6) is 0.450. The van der Waals surface area contributed by atoms with Crippen LogP contribution in [0.3, 0.4) is 0 Å². The first-order valence-electron chi connectivity index (χ1n) is 12.3. The SMILES string of the molecule is COC1CCC(C(=O)N2C[C@@H](C)N(C(=O)C3CCC4CCN(C)C4C3)[C@H](C)C2)C(F)C1. The average molecular weight is 438 g/mol. The zero-order valence-electron chi connectivity index (χ0n) is 19.6. The number of hydrogen-bond donors (Lipinski definition) is 0. The fraction of sp³-hybridized carbons (Fsp3) is 0.917. The lowest BCUT2D eigenvalue weighted by Crippen LogP contribution is -2.62. The molecule has 0 spiro atoms. The Bertz CT molecular complexity index is 664. The Morgan fingerprint density at radius 2 is 1.65 bits per heavy atom. The van der Waals surface area contributed by atoms with Gasteiger partial charge >= 0.3 is 0 Å². The maximum Gasteiger partial charge on any atom is 0.228 e. The van der Waals surface area contributed by atoms with E-state index >= 15 is 0 Å². The van der Waals surface area contributed by atoms with Gasteiger partial charge in [-0.1, -0.05) is 0 Å². The van der Waals surface area contributed by atoms with Gasteiger partial charge in [-0.2, -0.15) is 0 Å². The lowest BCUT2D eigenvalue weighted by atomic mass is 9.77. The lowest BCUT2D eigenvalue weighted by Gasteiger charge is -2.47. The number of methoxy groups -OCH3 is 1. The Balaban J connectivity index is 1.36. The Kier molecular flexibility index (Phi) is 6.92. The molecule has 4 rings (SSSR count). The second-order valence-corrected chi connectivity index (χ2v) is 10.6. The maximum atomic E-state index is 14.7. The van der Waals surface area contributed by atoms with E-state index in [1.54, 1.807) is 7.11 Å². The van der Waals surface area contributed by atoms with Gasteiger partial charge in [-0.05, 0) is 71.9 Å². The molecule has 0 aromatic carbocycles. The molecule has 0 N–H and O–H groups in total.